The van der Waals surface area contributed by atoms with Crippen LogP contribution in [-0.4, -0.2) is 12.6 Å². The van der Waals surface area contributed by atoms with Crippen LogP contribution in [0.1, 0.15) is 70.8 Å². The standard InChI is InChI=1S/C17H31NS/c1-3-5-6-7-8-9-10-17(18-4-2)12-11-16-13-14-19-15-16/h13-15,17-18H,3-12H2,1-2H3. The van der Waals surface area contributed by atoms with E-state index < -0.39 is 0 Å². The van der Waals surface area contributed by atoms with Gasteiger partial charge >= 0.3 is 0 Å². The van der Waals surface area contributed by atoms with E-state index in [1.807, 2.05) is 11.3 Å². The van der Waals surface area contributed by atoms with Crippen LogP contribution < -0.4 is 5.32 Å². The number of rotatable bonds is 12. The first kappa shape index (κ1) is 16.7. The third-order valence-corrected chi connectivity index (χ3v) is 4.49. The fourth-order valence-corrected chi connectivity index (χ4v) is 3.29. The summed E-state index contributed by atoms with van der Waals surface area (Å²) in [6.07, 6.45) is 12.3. The molecule has 1 aromatic heterocycles. The van der Waals surface area contributed by atoms with Crippen LogP contribution in [0.5, 0.6) is 0 Å². The number of hydrogen-bond acceptors (Lipinski definition) is 2. The highest BCUT2D eigenvalue weighted by Crippen LogP contribution is 2.14. The van der Waals surface area contributed by atoms with Crippen molar-refractivity contribution >= 4 is 11.3 Å². The number of hydrogen-bond donors (Lipinski definition) is 1. The van der Waals surface area contributed by atoms with Gasteiger partial charge < -0.3 is 5.32 Å². The van der Waals surface area contributed by atoms with Gasteiger partial charge in [0.05, 0.1) is 0 Å². The average Bonchev–Trinajstić information content (AvgIpc) is 2.93. The summed E-state index contributed by atoms with van der Waals surface area (Å²) in [5, 5.41) is 8.12. The van der Waals surface area contributed by atoms with Gasteiger partial charge in [0.1, 0.15) is 0 Å². The molecule has 0 aromatic carbocycles. The van der Waals surface area contributed by atoms with Crippen molar-refractivity contribution in [1.82, 2.24) is 5.32 Å². The zero-order chi connectivity index (χ0) is 13.8. The van der Waals surface area contributed by atoms with Crippen LogP contribution in [0.15, 0.2) is 16.8 Å². The maximum absolute atomic E-state index is 3.65. The minimum absolute atomic E-state index is 0.719. The highest BCUT2D eigenvalue weighted by Gasteiger charge is 2.07. The zero-order valence-electron chi connectivity index (χ0n) is 12.8. The predicted molar refractivity (Wildman–Crippen MR) is 88.1 cm³/mol. The number of nitrogens with one attached hydrogen (secondary N) is 1. The second kappa shape index (κ2) is 11.5. The molecule has 2 heteroatoms. The Kier molecular flexibility index (Phi) is 10.1. The summed E-state index contributed by atoms with van der Waals surface area (Å²) in [5.74, 6) is 0. The molecule has 0 amide bonds. The Labute approximate surface area is 123 Å². The largest absolute Gasteiger partial charge is 0.314 e. The molecule has 1 heterocycles. The topological polar surface area (TPSA) is 12.0 Å². The first-order valence-corrected chi connectivity index (χ1v) is 9.05. The molecular formula is C17H31NS. The van der Waals surface area contributed by atoms with Crippen LogP contribution in [0.4, 0.5) is 0 Å². The van der Waals surface area contributed by atoms with Crippen molar-refractivity contribution in [2.24, 2.45) is 0 Å². The SMILES string of the molecule is CCCCCCCCC(CCc1ccsc1)NCC. The normalized spacial score (nSPS) is 12.7. The summed E-state index contributed by atoms with van der Waals surface area (Å²) < 4.78 is 0. The molecule has 0 saturated heterocycles. The molecule has 0 aliphatic rings. The van der Waals surface area contributed by atoms with Crippen LogP contribution in [0, 0.1) is 0 Å². The Morgan fingerprint density at radius 1 is 1.05 bits per heavy atom. The molecular weight excluding hydrogens is 250 g/mol. The first-order chi connectivity index (χ1) is 9.36. The summed E-state index contributed by atoms with van der Waals surface area (Å²) in [7, 11) is 0. The number of aryl methyl sites for hydroxylation is 1. The van der Waals surface area contributed by atoms with Crippen LogP contribution in [0.3, 0.4) is 0 Å². The van der Waals surface area contributed by atoms with Gasteiger partial charge in [-0.15, -0.1) is 0 Å². The van der Waals surface area contributed by atoms with Gasteiger partial charge in [-0.25, -0.2) is 0 Å². The molecule has 0 saturated carbocycles. The van der Waals surface area contributed by atoms with E-state index in [4.69, 9.17) is 0 Å². The molecule has 0 radical (unpaired) electrons. The average molecular weight is 282 g/mol. The number of thiophene rings is 1. The van der Waals surface area contributed by atoms with Crippen molar-refractivity contribution in [3.05, 3.63) is 22.4 Å². The minimum atomic E-state index is 0.719. The van der Waals surface area contributed by atoms with Gasteiger partial charge in [-0.05, 0) is 48.2 Å². The fraction of sp³-hybridized carbons (Fsp3) is 0.765. The Morgan fingerprint density at radius 2 is 1.84 bits per heavy atom. The Balaban J connectivity index is 2.10. The van der Waals surface area contributed by atoms with Crippen molar-refractivity contribution < 1.29 is 0 Å². The summed E-state index contributed by atoms with van der Waals surface area (Å²) in [4.78, 5) is 0. The lowest BCUT2D eigenvalue weighted by molar-refractivity contribution is 0.439. The summed E-state index contributed by atoms with van der Waals surface area (Å²) >= 11 is 1.81. The van der Waals surface area contributed by atoms with E-state index >= 15 is 0 Å². The van der Waals surface area contributed by atoms with E-state index in [2.05, 4.69) is 36.0 Å². The van der Waals surface area contributed by atoms with Crippen molar-refractivity contribution in [2.75, 3.05) is 6.54 Å². The number of unbranched alkanes of at least 4 members (excludes halogenated alkanes) is 5. The third-order valence-electron chi connectivity index (χ3n) is 3.76. The van der Waals surface area contributed by atoms with Crippen molar-refractivity contribution in [2.45, 2.75) is 77.7 Å². The van der Waals surface area contributed by atoms with Gasteiger partial charge in [0.25, 0.3) is 0 Å². The molecule has 1 rings (SSSR count). The smallest absolute Gasteiger partial charge is 0.00701 e. The molecule has 0 aliphatic heterocycles. The van der Waals surface area contributed by atoms with Crippen LogP contribution in [0.2, 0.25) is 0 Å². The van der Waals surface area contributed by atoms with Crippen LogP contribution in [0.25, 0.3) is 0 Å². The van der Waals surface area contributed by atoms with Crippen LogP contribution in [-0.2, 0) is 6.42 Å². The van der Waals surface area contributed by atoms with Gasteiger partial charge in [0.2, 0.25) is 0 Å². The van der Waals surface area contributed by atoms with Crippen molar-refractivity contribution in [3.8, 4) is 0 Å². The van der Waals surface area contributed by atoms with E-state index in [0.29, 0.717) is 0 Å². The maximum atomic E-state index is 3.65. The summed E-state index contributed by atoms with van der Waals surface area (Å²) in [6, 6.07) is 2.98. The third kappa shape index (κ3) is 8.43. The molecule has 1 nitrogen and oxygen atoms in total. The molecule has 1 unspecified atom stereocenters. The summed E-state index contributed by atoms with van der Waals surface area (Å²) in [5.41, 5.74) is 1.51. The van der Waals surface area contributed by atoms with E-state index in [-0.39, 0.29) is 0 Å². The fourth-order valence-electron chi connectivity index (χ4n) is 2.58. The lowest BCUT2D eigenvalue weighted by Crippen LogP contribution is -2.29. The second-order valence-electron chi connectivity index (χ2n) is 5.48. The first-order valence-electron chi connectivity index (χ1n) is 8.11. The summed E-state index contributed by atoms with van der Waals surface area (Å²) in [6.45, 7) is 5.61. The quantitative estimate of drug-likeness (QED) is 0.505. The monoisotopic (exact) mass is 281 g/mol. The molecule has 19 heavy (non-hydrogen) atoms. The van der Waals surface area contributed by atoms with Crippen molar-refractivity contribution in [3.63, 3.8) is 0 Å². The van der Waals surface area contributed by atoms with Gasteiger partial charge in [-0.2, -0.15) is 11.3 Å². The van der Waals surface area contributed by atoms with Gasteiger partial charge in [0, 0.05) is 6.04 Å². The van der Waals surface area contributed by atoms with Gasteiger partial charge in [-0.1, -0.05) is 52.4 Å². The Bertz CT molecular complexity index is 281. The van der Waals surface area contributed by atoms with E-state index in [0.717, 1.165) is 12.6 Å². The molecule has 0 aliphatic carbocycles. The molecule has 1 N–H and O–H groups in total. The van der Waals surface area contributed by atoms with Crippen LogP contribution >= 0.6 is 11.3 Å². The molecule has 0 fully saturated rings. The molecule has 1 atom stereocenters. The lowest BCUT2D eigenvalue weighted by Gasteiger charge is -2.17. The van der Waals surface area contributed by atoms with Crippen molar-refractivity contribution in [1.29, 1.82) is 0 Å². The Morgan fingerprint density at radius 3 is 2.53 bits per heavy atom. The molecule has 110 valence electrons. The molecule has 0 spiro atoms. The predicted octanol–water partition coefficient (Wildman–Crippen LogP) is 5.41. The molecule has 1 aromatic rings. The van der Waals surface area contributed by atoms with E-state index in [9.17, 15) is 0 Å². The minimum Gasteiger partial charge on any atom is -0.314 e. The molecule has 0 bridgehead atoms. The lowest BCUT2D eigenvalue weighted by atomic mass is 10.0. The van der Waals surface area contributed by atoms with Gasteiger partial charge in [0.15, 0.2) is 0 Å². The second-order valence-corrected chi connectivity index (χ2v) is 6.26. The Hall–Kier alpha value is -0.340. The van der Waals surface area contributed by atoms with E-state index in [1.54, 1.807) is 0 Å². The zero-order valence-corrected chi connectivity index (χ0v) is 13.6. The maximum Gasteiger partial charge on any atom is 0.00701 e. The highest BCUT2D eigenvalue weighted by molar-refractivity contribution is 7.07. The van der Waals surface area contributed by atoms with Gasteiger partial charge in [-0.3, -0.25) is 0 Å². The highest BCUT2D eigenvalue weighted by atomic mass is 32.1. The van der Waals surface area contributed by atoms with E-state index in [1.165, 1.54) is 63.4 Å².